The molecule has 2 aliphatic rings. The molecule has 5 unspecified atom stereocenters. The highest BCUT2D eigenvalue weighted by molar-refractivity contribution is 5.84. The Kier molecular flexibility index (Phi) is 5.32. The van der Waals surface area contributed by atoms with Crippen molar-refractivity contribution < 1.29 is 9.15 Å². The van der Waals surface area contributed by atoms with Crippen molar-refractivity contribution in [1.29, 1.82) is 0 Å². The van der Waals surface area contributed by atoms with Crippen LogP contribution < -0.4 is 4.74 Å². The van der Waals surface area contributed by atoms with Crippen LogP contribution >= 0.6 is 0 Å². The molecule has 5 atom stereocenters. The molecule has 2 bridgehead atoms. The van der Waals surface area contributed by atoms with E-state index in [-0.39, 0.29) is 0 Å². The average Bonchev–Trinajstić information content (AvgIpc) is 3.14. The van der Waals surface area contributed by atoms with Crippen LogP contribution in [0.5, 0.6) is 5.75 Å². The van der Waals surface area contributed by atoms with E-state index in [9.17, 15) is 0 Å². The van der Waals surface area contributed by atoms with Crippen LogP contribution in [-0.4, -0.2) is 31.1 Å². The minimum absolute atomic E-state index is 0.453. The molecule has 0 radical (unpaired) electrons. The molecule has 0 N–H and O–H groups in total. The molecule has 3 heterocycles. The molecular weight excluding hydrogens is 370 g/mol. The Morgan fingerprint density at radius 1 is 1.07 bits per heavy atom. The molecule has 1 fully saturated rings. The van der Waals surface area contributed by atoms with Gasteiger partial charge >= 0.3 is 0 Å². The predicted octanol–water partition coefficient (Wildman–Crippen LogP) is 6.06. The number of hydrogen-bond donors (Lipinski definition) is 0. The van der Waals surface area contributed by atoms with Gasteiger partial charge in [0, 0.05) is 36.0 Å². The normalized spacial score (nSPS) is 29.0. The zero-order valence-corrected chi connectivity index (χ0v) is 18.4. The van der Waals surface area contributed by atoms with Crippen molar-refractivity contribution in [2.24, 2.45) is 11.8 Å². The van der Waals surface area contributed by atoms with Gasteiger partial charge in [-0.1, -0.05) is 37.3 Å². The lowest BCUT2D eigenvalue weighted by molar-refractivity contribution is 0.0621. The Morgan fingerprint density at radius 3 is 2.70 bits per heavy atom. The second-order valence-corrected chi connectivity index (χ2v) is 9.48. The van der Waals surface area contributed by atoms with Gasteiger partial charge in [-0.25, -0.2) is 0 Å². The van der Waals surface area contributed by atoms with Crippen molar-refractivity contribution in [2.75, 3.05) is 20.2 Å². The summed E-state index contributed by atoms with van der Waals surface area (Å²) in [7, 11) is 1.74. The third-order valence-corrected chi connectivity index (χ3v) is 7.54. The van der Waals surface area contributed by atoms with Crippen molar-refractivity contribution in [1.82, 2.24) is 4.90 Å². The summed E-state index contributed by atoms with van der Waals surface area (Å²) in [6, 6.07) is 17.9. The molecular formula is C27H33NO2. The maximum absolute atomic E-state index is 6.42. The maximum atomic E-state index is 6.42. The van der Waals surface area contributed by atoms with Crippen molar-refractivity contribution in [3.05, 3.63) is 65.4 Å². The van der Waals surface area contributed by atoms with Crippen LogP contribution in [0.1, 0.15) is 49.5 Å². The van der Waals surface area contributed by atoms with Crippen LogP contribution in [0.2, 0.25) is 0 Å². The maximum Gasteiger partial charge on any atom is 0.134 e. The highest BCUT2D eigenvalue weighted by atomic mass is 16.5. The summed E-state index contributed by atoms with van der Waals surface area (Å²) in [4.78, 5) is 2.75. The highest BCUT2D eigenvalue weighted by Crippen LogP contribution is 2.41. The Morgan fingerprint density at radius 2 is 1.90 bits per heavy atom. The lowest BCUT2D eigenvalue weighted by Crippen LogP contribution is -2.48. The van der Waals surface area contributed by atoms with E-state index in [0.717, 1.165) is 36.1 Å². The van der Waals surface area contributed by atoms with Gasteiger partial charge in [0.1, 0.15) is 17.1 Å². The summed E-state index contributed by atoms with van der Waals surface area (Å²) in [5, 5.41) is 1.24. The summed E-state index contributed by atoms with van der Waals surface area (Å²) < 4.78 is 11.9. The molecule has 2 aliphatic heterocycles. The van der Waals surface area contributed by atoms with E-state index in [1.807, 2.05) is 6.07 Å². The van der Waals surface area contributed by atoms with Crippen LogP contribution in [0.25, 0.3) is 11.0 Å². The Bertz CT molecular complexity index is 1010. The minimum Gasteiger partial charge on any atom is -0.497 e. The first-order chi connectivity index (χ1) is 14.6. The summed E-state index contributed by atoms with van der Waals surface area (Å²) >= 11 is 0. The molecule has 0 aliphatic carbocycles. The fourth-order valence-corrected chi connectivity index (χ4v) is 5.92. The SMILES string of the molecule is COc1ccc2oc3c(c2c1)CCN1CC(CC3C)CC(Cc2ccccc2)C1C. The number of hydrogen-bond acceptors (Lipinski definition) is 3. The van der Waals surface area contributed by atoms with Gasteiger partial charge in [-0.2, -0.15) is 0 Å². The number of piperidine rings is 1. The zero-order chi connectivity index (χ0) is 20.7. The van der Waals surface area contributed by atoms with Crippen molar-refractivity contribution in [2.45, 2.75) is 51.5 Å². The number of furan rings is 1. The van der Waals surface area contributed by atoms with E-state index in [1.54, 1.807) is 7.11 Å². The number of nitrogens with zero attached hydrogens (tertiary/aromatic N) is 1. The average molecular weight is 404 g/mol. The second-order valence-electron chi connectivity index (χ2n) is 9.48. The van der Waals surface area contributed by atoms with Gasteiger partial charge in [-0.3, -0.25) is 4.90 Å². The fraction of sp³-hybridized carbons (Fsp3) is 0.481. The van der Waals surface area contributed by atoms with E-state index >= 15 is 0 Å². The first kappa shape index (κ1) is 19.7. The van der Waals surface area contributed by atoms with Gasteiger partial charge < -0.3 is 9.15 Å². The number of fused-ring (bicyclic) bond motifs is 5. The van der Waals surface area contributed by atoms with Crippen LogP contribution in [-0.2, 0) is 12.8 Å². The quantitative estimate of drug-likeness (QED) is 0.531. The van der Waals surface area contributed by atoms with Crippen LogP contribution in [0.4, 0.5) is 0 Å². The van der Waals surface area contributed by atoms with Gasteiger partial charge in [0.05, 0.1) is 7.11 Å². The third-order valence-electron chi connectivity index (χ3n) is 7.54. The van der Waals surface area contributed by atoms with Crippen LogP contribution in [0.3, 0.4) is 0 Å². The van der Waals surface area contributed by atoms with E-state index in [1.165, 1.54) is 48.1 Å². The molecule has 3 heteroatoms. The molecule has 1 aromatic heterocycles. The van der Waals surface area contributed by atoms with Crippen LogP contribution in [0, 0.1) is 11.8 Å². The summed E-state index contributed by atoms with van der Waals surface area (Å²) in [6.45, 7) is 7.14. The molecule has 3 nitrogen and oxygen atoms in total. The topological polar surface area (TPSA) is 25.6 Å². The van der Waals surface area contributed by atoms with Gasteiger partial charge in [0.15, 0.2) is 0 Å². The van der Waals surface area contributed by atoms with E-state index in [2.05, 4.69) is 61.2 Å². The molecule has 30 heavy (non-hydrogen) atoms. The van der Waals surface area contributed by atoms with Crippen molar-refractivity contribution in [3.8, 4) is 5.75 Å². The smallest absolute Gasteiger partial charge is 0.134 e. The molecule has 0 saturated carbocycles. The number of methoxy groups -OCH3 is 1. The van der Waals surface area contributed by atoms with Gasteiger partial charge in [0.2, 0.25) is 0 Å². The predicted molar refractivity (Wildman–Crippen MR) is 122 cm³/mol. The number of ether oxygens (including phenoxy) is 1. The molecule has 158 valence electrons. The largest absolute Gasteiger partial charge is 0.497 e. The lowest BCUT2D eigenvalue weighted by Gasteiger charge is -2.43. The minimum atomic E-state index is 0.453. The van der Waals surface area contributed by atoms with Crippen molar-refractivity contribution in [3.63, 3.8) is 0 Å². The zero-order valence-electron chi connectivity index (χ0n) is 18.4. The van der Waals surface area contributed by atoms with Gasteiger partial charge in [-0.15, -0.1) is 0 Å². The van der Waals surface area contributed by atoms with E-state index in [4.69, 9.17) is 9.15 Å². The summed E-state index contributed by atoms with van der Waals surface area (Å²) in [5.41, 5.74) is 3.88. The molecule has 0 spiro atoms. The standard InChI is InChI=1S/C27H33NO2/c1-18-13-21-15-22(14-20-7-5-4-6-8-20)19(2)28(17-21)12-11-24-25-16-23(29-3)9-10-26(25)30-27(18)24/h4-10,16,18-19,21-22H,11-15,17H2,1-3H3. The summed E-state index contributed by atoms with van der Waals surface area (Å²) in [6.07, 6.45) is 4.76. The Balaban J connectivity index is 1.45. The molecule has 5 rings (SSSR count). The third kappa shape index (κ3) is 3.65. The van der Waals surface area contributed by atoms with E-state index in [0.29, 0.717) is 12.0 Å². The molecule has 3 aromatic rings. The van der Waals surface area contributed by atoms with Crippen molar-refractivity contribution >= 4 is 11.0 Å². The van der Waals surface area contributed by atoms with Crippen LogP contribution in [0.15, 0.2) is 52.9 Å². The lowest BCUT2D eigenvalue weighted by atomic mass is 9.77. The van der Waals surface area contributed by atoms with Gasteiger partial charge in [0.25, 0.3) is 0 Å². The fourth-order valence-electron chi connectivity index (χ4n) is 5.92. The second kappa shape index (κ2) is 8.11. The monoisotopic (exact) mass is 403 g/mol. The molecule has 1 saturated heterocycles. The summed E-state index contributed by atoms with van der Waals surface area (Å²) in [5.74, 6) is 4.03. The Hall–Kier alpha value is -2.26. The molecule has 2 aromatic carbocycles. The number of benzene rings is 2. The van der Waals surface area contributed by atoms with Gasteiger partial charge in [-0.05, 0) is 68.2 Å². The van der Waals surface area contributed by atoms with E-state index < -0.39 is 0 Å². The Labute approximate surface area is 180 Å². The first-order valence-electron chi connectivity index (χ1n) is 11.5. The number of rotatable bonds is 3. The highest BCUT2D eigenvalue weighted by Gasteiger charge is 2.36. The molecule has 0 amide bonds. The first-order valence-corrected chi connectivity index (χ1v) is 11.5.